The van der Waals surface area contributed by atoms with Crippen molar-refractivity contribution < 1.29 is 55.6 Å². The van der Waals surface area contributed by atoms with Crippen LogP contribution in [0.1, 0.15) is 46.2 Å². The normalized spacial score (nSPS) is 11.4. The molecular formula is C52H42F4N4O8. The molecule has 16 heteroatoms. The lowest BCUT2D eigenvalue weighted by molar-refractivity contribution is -0.186. The molecule has 0 aliphatic carbocycles. The van der Waals surface area contributed by atoms with Crippen molar-refractivity contribution in [2.75, 3.05) is 24.7 Å². The maximum Gasteiger partial charge on any atom is 0.426 e. The van der Waals surface area contributed by atoms with Gasteiger partial charge in [0.2, 0.25) is 0 Å². The van der Waals surface area contributed by atoms with Gasteiger partial charge in [-0.25, -0.2) is 9.59 Å². The van der Waals surface area contributed by atoms with E-state index in [4.69, 9.17) is 50.4 Å². The summed E-state index contributed by atoms with van der Waals surface area (Å²) in [6, 6.07) is 35.4. The SMILES string of the molecule is N#CCCOc1ccc(C(F)(F)Oc2ccc(/C=C/C(=O)OCc3cc(N)ccc3-c3ccc(N)cc3COC(=O)/C=C/c3ccc(OC(F)(F)c4ccc(OCCC#N)cc4)cc3)cc2)cc1. The van der Waals surface area contributed by atoms with Crippen LogP contribution in [0.25, 0.3) is 23.3 Å². The van der Waals surface area contributed by atoms with Crippen molar-refractivity contribution in [2.45, 2.75) is 38.3 Å². The van der Waals surface area contributed by atoms with Crippen molar-refractivity contribution in [2.24, 2.45) is 0 Å². The minimum absolute atomic E-state index is 0.115. The number of nitrogens with zero attached hydrogens (tertiary/aromatic N) is 2. The molecule has 0 saturated carbocycles. The van der Waals surface area contributed by atoms with Crippen LogP contribution in [-0.2, 0) is 44.5 Å². The summed E-state index contributed by atoms with van der Waals surface area (Å²) >= 11 is 0. The van der Waals surface area contributed by atoms with Crippen LogP contribution in [0.2, 0.25) is 0 Å². The van der Waals surface area contributed by atoms with Gasteiger partial charge in [-0.2, -0.15) is 28.1 Å². The van der Waals surface area contributed by atoms with Crippen LogP contribution in [0.5, 0.6) is 23.0 Å². The average Bonchev–Trinajstić information content (AvgIpc) is 3.33. The number of hydrogen-bond acceptors (Lipinski definition) is 12. The molecule has 6 aromatic carbocycles. The Morgan fingerprint density at radius 2 is 0.868 bits per heavy atom. The summed E-state index contributed by atoms with van der Waals surface area (Å²) in [5.41, 5.74) is 15.5. The molecular weight excluding hydrogens is 885 g/mol. The molecule has 0 atom stereocenters. The lowest BCUT2D eigenvalue weighted by atomic mass is 9.95. The van der Waals surface area contributed by atoms with Gasteiger partial charge in [-0.05, 0) is 143 Å². The number of halogens is 4. The van der Waals surface area contributed by atoms with Crippen LogP contribution in [0.15, 0.2) is 146 Å². The van der Waals surface area contributed by atoms with Gasteiger partial charge in [-0.3, -0.25) is 0 Å². The summed E-state index contributed by atoms with van der Waals surface area (Å²) in [4.78, 5) is 25.7. The van der Waals surface area contributed by atoms with Crippen molar-refractivity contribution >= 4 is 35.5 Å². The highest BCUT2D eigenvalue weighted by molar-refractivity contribution is 5.88. The highest BCUT2D eigenvalue weighted by Crippen LogP contribution is 2.35. The summed E-state index contributed by atoms with van der Waals surface area (Å²) in [5, 5.41) is 17.3. The molecule has 0 bridgehead atoms. The summed E-state index contributed by atoms with van der Waals surface area (Å²) in [6.07, 6.45) is -1.73. The molecule has 0 spiro atoms. The second-order valence-electron chi connectivity index (χ2n) is 14.7. The number of esters is 2. The summed E-state index contributed by atoms with van der Waals surface area (Å²) in [7, 11) is 0. The van der Waals surface area contributed by atoms with Gasteiger partial charge in [-0.1, -0.05) is 36.4 Å². The fourth-order valence-electron chi connectivity index (χ4n) is 6.34. The Hall–Kier alpha value is -8.76. The Labute approximate surface area is 388 Å². The van der Waals surface area contributed by atoms with Gasteiger partial charge in [0.15, 0.2) is 0 Å². The number of benzene rings is 6. The van der Waals surface area contributed by atoms with Crippen LogP contribution < -0.4 is 30.4 Å². The third-order valence-corrected chi connectivity index (χ3v) is 9.71. The van der Waals surface area contributed by atoms with Gasteiger partial charge < -0.3 is 39.9 Å². The standard InChI is InChI=1S/C52H42F4N4O8/c53-51(54,39-9-19-43(20-10-39)63-29-1-27-57)67-45-15-3-35(4-16-45)7-25-49(61)65-33-37-31-41(59)13-23-47(37)48-24-14-42(60)32-38(48)34-66-50(62)26-8-36-5-17-46(18-6-36)68-52(55,56)40-11-21-44(22-12-40)64-30-2-28-58/h3-26,31-32H,1-2,29-30,33-34,59-60H2/b25-7+,26-8+. The Morgan fingerprint density at radius 1 is 0.515 bits per heavy atom. The first-order valence-electron chi connectivity index (χ1n) is 20.7. The van der Waals surface area contributed by atoms with Gasteiger partial charge in [-0.15, -0.1) is 0 Å². The van der Waals surface area contributed by atoms with Gasteiger partial charge in [0.1, 0.15) is 49.4 Å². The molecule has 6 aromatic rings. The molecule has 0 aliphatic heterocycles. The van der Waals surface area contributed by atoms with Crippen molar-refractivity contribution in [1.29, 1.82) is 10.5 Å². The first-order valence-corrected chi connectivity index (χ1v) is 20.7. The van der Waals surface area contributed by atoms with E-state index in [1.807, 2.05) is 12.1 Å². The maximum atomic E-state index is 14.9. The first-order chi connectivity index (χ1) is 32.7. The zero-order valence-electron chi connectivity index (χ0n) is 36.1. The largest absolute Gasteiger partial charge is 0.493 e. The quantitative estimate of drug-likeness (QED) is 0.0229. The molecule has 0 saturated heterocycles. The molecule has 0 aromatic heterocycles. The van der Waals surface area contributed by atoms with E-state index in [-0.39, 0.29) is 50.8 Å². The van der Waals surface area contributed by atoms with Crippen molar-refractivity contribution in [3.63, 3.8) is 0 Å². The summed E-state index contributed by atoms with van der Waals surface area (Å²) in [6.45, 7) is -0.113. The topological polar surface area (TPSA) is 189 Å². The zero-order chi connectivity index (χ0) is 48.5. The van der Waals surface area contributed by atoms with E-state index in [0.29, 0.717) is 56.3 Å². The molecule has 6 rings (SSSR count). The maximum absolute atomic E-state index is 14.9. The van der Waals surface area contributed by atoms with E-state index in [0.717, 1.165) is 0 Å². The fraction of sp³-hybridized carbons (Fsp3) is 0.154. The molecule has 4 N–H and O–H groups in total. The second-order valence-corrected chi connectivity index (χ2v) is 14.7. The number of nitrogens with two attached hydrogens (primary N) is 2. The molecule has 0 unspecified atom stereocenters. The average molecular weight is 927 g/mol. The Bertz CT molecular complexity index is 2630. The predicted molar refractivity (Wildman–Crippen MR) is 245 cm³/mol. The second kappa shape index (κ2) is 22.9. The number of anilines is 2. The Morgan fingerprint density at radius 3 is 1.22 bits per heavy atom. The Kier molecular flexibility index (Phi) is 16.4. The molecule has 0 radical (unpaired) electrons. The molecule has 0 aliphatic rings. The van der Waals surface area contributed by atoms with E-state index < -0.39 is 35.3 Å². The van der Waals surface area contributed by atoms with E-state index in [1.54, 1.807) is 36.4 Å². The number of rotatable bonds is 21. The van der Waals surface area contributed by atoms with E-state index in [2.05, 4.69) is 0 Å². The van der Waals surface area contributed by atoms with Crippen molar-refractivity contribution in [3.8, 4) is 46.3 Å². The highest BCUT2D eigenvalue weighted by Gasteiger charge is 2.35. The number of nitriles is 2. The number of nitrogen functional groups attached to an aromatic ring is 2. The molecule has 0 heterocycles. The minimum atomic E-state index is -3.66. The van der Waals surface area contributed by atoms with Crippen LogP contribution in [0.3, 0.4) is 0 Å². The van der Waals surface area contributed by atoms with Crippen molar-refractivity contribution in [1.82, 2.24) is 0 Å². The molecule has 0 amide bonds. The number of alkyl halides is 4. The first kappa shape index (κ1) is 48.7. The number of ether oxygens (including phenoxy) is 6. The fourth-order valence-corrected chi connectivity index (χ4v) is 6.34. The Balaban J connectivity index is 1.02. The lowest BCUT2D eigenvalue weighted by Crippen LogP contribution is -2.21. The van der Waals surface area contributed by atoms with Gasteiger partial charge in [0.25, 0.3) is 0 Å². The molecule has 0 fully saturated rings. The van der Waals surface area contributed by atoms with Crippen molar-refractivity contribution in [3.05, 3.63) is 179 Å². The number of carbonyl (C=O) groups excluding carboxylic acids is 2. The van der Waals surface area contributed by atoms with E-state index in [9.17, 15) is 27.2 Å². The molecule has 346 valence electrons. The number of hydrogen-bond donors (Lipinski definition) is 2. The minimum Gasteiger partial charge on any atom is -0.493 e. The predicted octanol–water partition coefficient (Wildman–Crippen LogP) is 10.9. The summed E-state index contributed by atoms with van der Waals surface area (Å²) < 4.78 is 91.1. The van der Waals surface area contributed by atoms with E-state index in [1.165, 1.54) is 121 Å². The monoisotopic (exact) mass is 926 g/mol. The lowest BCUT2D eigenvalue weighted by Gasteiger charge is -2.18. The molecule has 12 nitrogen and oxygen atoms in total. The van der Waals surface area contributed by atoms with E-state index >= 15 is 0 Å². The van der Waals surface area contributed by atoms with Gasteiger partial charge in [0.05, 0.1) is 36.1 Å². The van der Waals surface area contributed by atoms with Crippen LogP contribution in [0.4, 0.5) is 28.9 Å². The van der Waals surface area contributed by atoms with Gasteiger partial charge in [0, 0.05) is 23.5 Å². The smallest absolute Gasteiger partial charge is 0.426 e. The van der Waals surface area contributed by atoms with Gasteiger partial charge >= 0.3 is 24.2 Å². The number of carbonyl (C=O) groups is 2. The van der Waals surface area contributed by atoms with Crippen LogP contribution >= 0.6 is 0 Å². The third-order valence-electron chi connectivity index (χ3n) is 9.71. The third kappa shape index (κ3) is 14.1. The van der Waals surface area contributed by atoms with Crippen LogP contribution in [-0.4, -0.2) is 25.2 Å². The highest BCUT2D eigenvalue weighted by atomic mass is 19.3. The summed E-state index contributed by atoms with van der Waals surface area (Å²) in [5.74, 6) is -0.952. The zero-order valence-corrected chi connectivity index (χ0v) is 36.1. The molecule has 68 heavy (non-hydrogen) atoms. The van der Waals surface area contributed by atoms with Crippen LogP contribution in [0, 0.1) is 22.7 Å².